The first-order chi connectivity index (χ1) is 11.2. The number of carbonyl (C=O) groups is 1. The summed E-state index contributed by atoms with van der Waals surface area (Å²) in [5.41, 5.74) is 1.37. The molecular formula is C17H18ClN3O2. The van der Waals surface area contributed by atoms with Crippen LogP contribution in [0.1, 0.15) is 22.3 Å². The summed E-state index contributed by atoms with van der Waals surface area (Å²) in [5.74, 6) is 1.32. The highest BCUT2D eigenvalue weighted by molar-refractivity contribution is 6.32. The molecular weight excluding hydrogens is 314 g/mol. The second-order valence-corrected chi connectivity index (χ2v) is 5.22. The minimum absolute atomic E-state index is 0.156. The molecule has 2 rings (SSSR count). The molecule has 0 aliphatic heterocycles. The molecule has 0 N–H and O–H groups in total. The van der Waals surface area contributed by atoms with Gasteiger partial charge >= 0.3 is 0 Å². The van der Waals surface area contributed by atoms with Crippen molar-refractivity contribution in [1.29, 1.82) is 0 Å². The number of aldehydes is 1. The van der Waals surface area contributed by atoms with Gasteiger partial charge < -0.3 is 9.64 Å². The predicted octanol–water partition coefficient (Wildman–Crippen LogP) is 3.53. The smallest absolute Gasteiger partial charge is 0.156 e. The maximum atomic E-state index is 11.3. The first-order valence-electron chi connectivity index (χ1n) is 7.14. The Morgan fingerprint density at radius 2 is 2.04 bits per heavy atom. The van der Waals surface area contributed by atoms with Crippen LogP contribution in [0.4, 0.5) is 5.82 Å². The average Bonchev–Trinajstić information content (AvgIpc) is 2.59. The summed E-state index contributed by atoms with van der Waals surface area (Å²) in [7, 11) is 1.63. The van der Waals surface area contributed by atoms with Gasteiger partial charge in [-0.05, 0) is 24.1 Å². The number of halogens is 1. The number of carbonyl (C=O) groups excluding carboxylic acids is 1. The van der Waals surface area contributed by atoms with Gasteiger partial charge in [0.25, 0.3) is 0 Å². The molecule has 120 valence electrons. The minimum Gasteiger partial charge on any atom is -0.497 e. The molecule has 0 spiro atoms. The third-order valence-electron chi connectivity index (χ3n) is 3.37. The van der Waals surface area contributed by atoms with Crippen LogP contribution in [0.25, 0.3) is 0 Å². The van der Waals surface area contributed by atoms with Crippen molar-refractivity contribution in [3.8, 4) is 5.75 Å². The Morgan fingerprint density at radius 1 is 1.30 bits per heavy atom. The van der Waals surface area contributed by atoms with Gasteiger partial charge in [-0.15, -0.1) is 6.58 Å². The van der Waals surface area contributed by atoms with E-state index in [9.17, 15) is 4.79 Å². The van der Waals surface area contributed by atoms with Gasteiger partial charge in [0, 0.05) is 13.1 Å². The number of hydrogen-bond donors (Lipinski definition) is 0. The Labute approximate surface area is 140 Å². The zero-order valence-electron chi connectivity index (χ0n) is 12.9. The second-order valence-electron chi connectivity index (χ2n) is 4.87. The van der Waals surface area contributed by atoms with Crippen LogP contribution in [0.2, 0.25) is 5.15 Å². The molecule has 0 atom stereocenters. The summed E-state index contributed by atoms with van der Waals surface area (Å²) in [6.07, 6.45) is 4.63. The molecule has 23 heavy (non-hydrogen) atoms. The summed E-state index contributed by atoms with van der Waals surface area (Å²) < 4.78 is 5.16. The monoisotopic (exact) mass is 331 g/mol. The Morgan fingerprint density at radius 3 is 2.65 bits per heavy atom. The van der Waals surface area contributed by atoms with Crippen molar-refractivity contribution in [2.24, 2.45) is 0 Å². The minimum atomic E-state index is 0.156. The maximum Gasteiger partial charge on any atom is 0.156 e. The topological polar surface area (TPSA) is 55.3 Å². The van der Waals surface area contributed by atoms with E-state index in [1.54, 1.807) is 7.11 Å². The summed E-state index contributed by atoms with van der Waals surface area (Å²) in [4.78, 5) is 21.4. The lowest BCUT2D eigenvalue weighted by atomic mass is 10.2. The van der Waals surface area contributed by atoms with Gasteiger partial charge in [0.1, 0.15) is 23.0 Å². The Kier molecular flexibility index (Phi) is 6.11. The van der Waals surface area contributed by atoms with Crippen LogP contribution in [-0.4, -0.2) is 29.9 Å². The van der Waals surface area contributed by atoms with Crippen molar-refractivity contribution >= 4 is 23.7 Å². The molecule has 1 heterocycles. The number of anilines is 1. The summed E-state index contributed by atoms with van der Waals surface area (Å²) in [6.45, 7) is 5.00. The van der Waals surface area contributed by atoms with E-state index in [1.807, 2.05) is 35.2 Å². The summed E-state index contributed by atoms with van der Waals surface area (Å²) in [5, 5.41) is 0.156. The van der Waals surface area contributed by atoms with Crippen molar-refractivity contribution in [1.82, 2.24) is 9.97 Å². The van der Waals surface area contributed by atoms with Crippen LogP contribution < -0.4 is 9.64 Å². The lowest BCUT2D eigenvalue weighted by molar-refractivity contribution is 0.112. The van der Waals surface area contributed by atoms with E-state index in [2.05, 4.69) is 16.5 Å². The number of ether oxygens (including phenoxy) is 1. The molecule has 0 radical (unpaired) electrons. The van der Waals surface area contributed by atoms with Crippen molar-refractivity contribution in [3.63, 3.8) is 0 Å². The molecule has 0 unspecified atom stereocenters. The number of methoxy groups -OCH3 is 1. The number of rotatable bonds is 8. The fourth-order valence-corrected chi connectivity index (χ4v) is 2.35. The molecule has 1 aromatic carbocycles. The molecule has 6 heteroatoms. The van der Waals surface area contributed by atoms with Crippen molar-refractivity contribution in [2.45, 2.75) is 13.0 Å². The van der Waals surface area contributed by atoms with E-state index in [0.29, 0.717) is 30.8 Å². The van der Waals surface area contributed by atoms with E-state index in [4.69, 9.17) is 16.3 Å². The molecule has 0 amide bonds. The largest absolute Gasteiger partial charge is 0.497 e. The Bertz CT molecular complexity index is 674. The number of aromatic nitrogens is 2. The standard InChI is InChI=1S/C17H18ClN3O2/c1-3-4-9-21(10-13-5-7-14(23-2)8-6-13)17-15(11-22)16(18)19-12-20-17/h3,5-8,11-12H,1,4,9-10H2,2H3. The molecule has 0 aliphatic carbocycles. The lowest BCUT2D eigenvalue weighted by Gasteiger charge is -2.24. The van der Waals surface area contributed by atoms with E-state index >= 15 is 0 Å². The lowest BCUT2D eigenvalue weighted by Crippen LogP contribution is -2.26. The predicted molar refractivity (Wildman–Crippen MR) is 91.3 cm³/mol. The third kappa shape index (κ3) is 4.29. The summed E-state index contributed by atoms with van der Waals surface area (Å²) in [6, 6.07) is 7.75. The Balaban J connectivity index is 2.31. The van der Waals surface area contributed by atoms with Crippen LogP contribution >= 0.6 is 11.6 Å². The van der Waals surface area contributed by atoms with E-state index in [0.717, 1.165) is 17.7 Å². The average molecular weight is 332 g/mol. The van der Waals surface area contributed by atoms with Crippen LogP contribution in [0.3, 0.4) is 0 Å². The van der Waals surface area contributed by atoms with E-state index in [1.165, 1.54) is 6.33 Å². The fourth-order valence-electron chi connectivity index (χ4n) is 2.18. The first kappa shape index (κ1) is 17.0. The first-order valence-corrected chi connectivity index (χ1v) is 7.51. The van der Waals surface area contributed by atoms with Gasteiger partial charge in [-0.2, -0.15) is 0 Å². The molecule has 0 saturated heterocycles. The van der Waals surface area contributed by atoms with Gasteiger partial charge in [-0.3, -0.25) is 4.79 Å². The van der Waals surface area contributed by atoms with Crippen LogP contribution in [0.15, 0.2) is 43.2 Å². The van der Waals surface area contributed by atoms with Gasteiger partial charge in [0.05, 0.1) is 12.7 Å². The van der Waals surface area contributed by atoms with Crippen LogP contribution in [0.5, 0.6) is 5.75 Å². The molecule has 1 aromatic heterocycles. The third-order valence-corrected chi connectivity index (χ3v) is 3.67. The van der Waals surface area contributed by atoms with Crippen LogP contribution in [0, 0.1) is 0 Å². The van der Waals surface area contributed by atoms with E-state index < -0.39 is 0 Å². The highest BCUT2D eigenvalue weighted by Gasteiger charge is 2.16. The zero-order valence-corrected chi connectivity index (χ0v) is 13.7. The normalized spacial score (nSPS) is 10.2. The fraction of sp³-hybridized carbons (Fsp3) is 0.235. The van der Waals surface area contributed by atoms with Crippen molar-refractivity contribution in [3.05, 3.63) is 59.5 Å². The molecule has 2 aromatic rings. The molecule has 0 bridgehead atoms. The van der Waals surface area contributed by atoms with Gasteiger partial charge in [0.15, 0.2) is 6.29 Å². The number of nitrogens with zero attached hydrogens (tertiary/aromatic N) is 3. The molecule has 0 fully saturated rings. The van der Waals surface area contributed by atoms with Gasteiger partial charge in [0.2, 0.25) is 0 Å². The highest BCUT2D eigenvalue weighted by Crippen LogP contribution is 2.24. The van der Waals surface area contributed by atoms with Crippen molar-refractivity contribution < 1.29 is 9.53 Å². The SMILES string of the molecule is C=CCCN(Cc1ccc(OC)cc1)c1ncnc(Cl)c1C=O. The van der Waals surface area contributed by atoms with E-state index in [-0.39, 0.29) is 5.15 Å². The maximum absolute atomic E-state index is 11.3. The highest BCUT2D eigenvalue weighted by atomic mass is 35.5. The number of benzene rings is 1. The molecule has 5 nitrogen and oxygen atoms in total. The number of hydrogen-bond acceptors (Lipinski definition) is 5. The zero-order chi connectivity index (χ0) is 16.7. The quantitative estimate of drug-likeness (QED) is 0.421. The van der Waals surface area contributed by atoms with Crippen molar-refractivity contribution in [2.75, 3.05) is 18.6 Å². The second kappa shape index (κ2) is 8.29. The molecule has 0 saturated carbocycles. The molecule has 0 aliphatic rings. The summed E-state index contributed by atoms with van der Waals surface area (Å²) >= 11 is 6.00. The van der Waals surface area contributed by atoms with Gasteiger partial charge in [-0.1, -0.05) is 29.8 Å². The van der Waals surface area contributed by atoms with Gasteiger partial charge in [-0.25, -0.2) is 9.97 Å². The Hall–Kier alpha value is -2.40. The van der Waals surface area contributed by atoms with Crippen LogP contribution in [-0.2, 0) is 6.54 Å².